The zero-order valence-corrected chi connectivity index (χ0v) is 8.07. The third-order valence-electron chi connectivity index (χ3n) is 2.42. The van der Waals surface area contributed by atoms with Crippen molar-refractivity contribution >= 4 is 21.9 Å². The highest BCUT2D eigenvalue weighted by molar-refractivity contribution is 6.01. The number of nitrogens with zero attached hydrogens (tertiary/aromatic N) is 2. The molecular weight excluding hydrogens is 209 g/mol. The molecule has 0 aliphatic heterocycles. The molecule has 4 nitrogen and oxygen atoms in total. The fraction of sp³-hybridized carbons (Fsp3) is 0. The van der Waals surface area contributed by atoms with Gasteiger partial charge in [-0.05, 0) is 6.07 Å². The van der Waals surface area contributed by atoms with Gasteiger partial charge in [0.15, 0.2) is 5.52 Å². The number of pyridine rings is 1. The molecule has 0 aliphatic carbocycles. The van der Waals surface area contributed by atoms with Gasteiger partial charge in [-0.1, -0.05) is 12.1 Å². The molecule has 0 amide bonds. The summed E-state index contributed by atoms with van der Waals surface area (Å²) in [6.07, 6.45) is 2.91. The Balaban J connectivity index is 2.70. The maximum absolute atomic E-state index is 13.5. The number of nitrogens with one attached hydrogen (secondary N) is 1. The van der Waals surface area contributed by atoms with E-state index >= 15 is 0 Å². The molecule has 1 N–H and O–H groups in total. The zero-order valence-electron chi connectivity index (χ0n) is 8.07. The number of hydrogen-bond acceptors (Lipinski definition) is 3. The van der Waals surface area contributed by atoms with Crippen molar-refractivity contribution in [3.63, 3.8) is 0 Å². The molecule has 2 aromatic heterocycles. The molecule has 0 atom stereocenters. The van der Waals surface area contributed by atoms with Crippen molar-refractivity contribution in [3.05, 3.63) is 46.8 Å². The van der Waals surface area contributed by atoms with Gasteiger partial charge >= 0.3 is 0 Å². The quantitative estimate of drug-likeness (QED) is 0.579. The summed E-state index contributed by atoms with van der Waals surface area (Å²) < 4.78 is 13.5. The second kappa shape index (κ2) is 3.10. The lowest BCUT2D eigenvalue weighted by molar-refractivity contribution is 0.636. The van der Waals surface area contributed by atoms with Crippen molar-refractivity contribution in [3.8, 4) is 0 Å². The lowest BCUT2D eigenvalue weighted by Crippen LogP contribution is -2.09. The molecule has 3 aromatic rings. The van der Waals surface area contributed by atoms with Crippen molar-refractivity contribution in [1.29, 1.82) is 0 Å². The summed E-state index contributed by atoms with van der Waals surface area (Å²) in [7, 11) is 0. The molecule has 0 fully saturated rings. The summed E-state index contributed by atoms with van der Waals surface area (Å²) in [6.45, 7) is 0. The molecule has 0 radical (unpaired) electrons. The Hall–Kier alpha value is -2.30. The van der Waals surface area contributed by atoms with Gasteiger partial charge in [0.2, 0.25) is 0 Å². The molecule has 0 saturated heterocycles. The van der Waals surface area contributed by atoms with Crippen LogP contribution in [0.4, 0.5) is 4.39 Å². The van der Waals surface area contributed by atoms with Crippen LogP contribution in [0.1, 0.15) is 0 Å². The average molecular weight is 215 g/mol. The van der Waals surface area contributed by atoms with E-state index < -0.39 is 11.4 Å². The Morgan fingerprint density at radius 1 is 1.12 bits per heavy atom. The lowest BCUT2D eigenvalue weighted by Gasteiger charge is -2.01. The molecule has 3 rings (SSSR count). The highest BCUT2D eigenvalue weighted by atomic mass is 19.1. The van der Waals surface area contributed by atoms with Crippen LogP contribution in [0.3, 0.4) is 0 Å². The van der Waals surface area contributed by atoms with Crippen LogP contribution in [0, 0.1) is 5.82 Å². The van der Waals surface area contributed by atoms with E-state index in [4.69, 9.17) is 0 Å². The SMILES string of the molecule is O=c1[nH]c2c(F)cccc2c2nccnc12. The van der Waals surface area contributed by atoms with Gasteiger partial charge in [0.05, 0.1) is 5.52 Å². The Labute approximate surface area is 88.8 Å². The first kappa shape index (κ1) is 8.96. The molecular formula is C11H6FN3O. The number of aromatic amines is 1. The number of para-hydroxylation sites is 1. The Morgan fingerprint density at radius 3 is 2.69 bits per heavy atom. The molecule has 16 heavy (non-hydrogen) atoms. The zero-order chi connectivity index (χ0) is 11.1. The summed E-state index contributed by atoms with van der Waals surface area (Å²) >= 11 is 0. The van der Waals surface area contributed by atoms with Crippen LogP contribution in [0.25, 0.3) is 21.9 Å². The largest absolute Gasteiger partial charge is 0.317 e. The minimum absolute atomic E-state index is 0.167. The molecule has 0 aliphatic rings. The monoisotopic (exact) mass is 215 g/mol. The molecule has 5 heteroatoms. The number of rotatable bonds is 0. The first-order chi connectivity index (χ1) is 7.77. The second-order valence-electron chi connectivity index (χ2n) is 3.37. The predicted octanol–water partition coefficient (Wildman–Crippen LogP) is 1.61. The van der Waals surface area contributed by atoms with Gasteiger partial charge in [0, 0.05) is 17.8 Å². The minimum Gasteiger partial charge on any atom is -0.317 e. The first-order valence-corrected chi connectivity index (χ1v) is 4.68. The van der Waals surface area contributed by atoms with Crippen molar-refractivity contribution in [2.75, 3.05) is 0 Å². The van der Waals surface area contributed by atoms with Crippen LogP contribution in [0.5, 0.6) is 0 Å². The maximum Gasteiger partial charge on any atom is 0.276 e. The molecule has 0 saturated carbocycles. The topological polar surface area (TPSA) is 58.6 Å². The summed E-state index contributed by atoms with van der Waals surface area (Å²) in [5.74, 6) is -0.470. The number of benzene rings is 1. The van der Waals surface area contributed by atoms with Crippen molar-refractivity contribution in [1.82, 2.24) is 15.0 Å². The van der Waals surface area contributed by atoms with Gasteiger partial charge in [-0.3, -0.25) is 9.78 Å². The fourth-order valence-corrected chi connectivity index (χ4v) is 1.72. The molecule has 2 heterocycles. The molecule has 78 valence electrons. The van der Waals surface area contributed by atoms with Crippen LogP contribution in [-0.4, -0.2) is 15.0 Å². The van der Waals surface area contributed by atoms with Gasteiger partial charge < -0.3 is 4.98 Å². The fourth-order valence-electron chi connectivity index (χ4n) is 1.72. The standard InChI is InChI=1S/C11H6FN3O/c12-7-3-1-2-6-8(7)15-11(16)10-9(6)13-4-5-14-10/h1-5H,(H,15,16). The maximum atomic E-state index is 13.5. The third-order valence-corrected chi connectivity index (χ3v) is 2.42. The predicted molar refractivity (Wildman–Crippen MR) is 57.6 cm³/mol. The van der Waals surface area contributed by atoms with Crippen LogP contribution < -0.4 is 5.56 Å². The average Bonchev–Trinajstić information content (AvgIpc) is 2.31. The number of H-pyrrole nitrogens is 1. The number of halogens is 1. The van der Waals surface area contributed by atoms with E-state index in [9.17, 15) is 9.18 Å². The third kappa shape index (κ3) is 1.11. The van der Waals surface area contributed by atoms with Crippen LogP contribution in [-0.2, 0) is 0 Å². The van der Waals surface area contributed by atoms with Crippen LogP contribution in [0.2, 0.25) is 0 Å². The van der Waals surface area contributed by atoms with Crippen LogP contribution >= 0.6 is 0 Å². The van der Waals surface area contributed by atoms with E-state index in [0.717, 1.165) is 0 Å². The highest BCUT2D eigenvalue weighted by Crippen LogP contribution is 2.19. The van der Waals surface area contributed by atoms with Crippen molar-refractivity contribution < 1.29 is 4.39 Å². The first-order valence-electron chi connectivity index (χ1n) is 4.68. The van der Waals surface area contributed by atoms with E-state index in [1.165, 1.54) is 18.5 Å². The summed E-state index contributed by atoms with van der Waals surface area (Å²) in [5, 5.41) is 0.558. The van der Waals surface area contributed by atoms with Gasteiger partial charge in [-0.15, -0.1) is 0 Å². The van der Waals surface area contributed by atoms with E-state index in [1.807, 2.05) is 0 Å². The summed E-state index contributed by atoms with van der Waals surface area (Å²) in [4.78, 5) is 22.1. The van der Waals surface area contributed by atoms with Gasteiger partial charge in [-0.25, -0.2) is 9.37 Å². The summed E-state index contributed by atoms with van der Waals surface area (Å²) in [5.41, 5.74) is 0.377. The van der Waals surface area contributed by atoms with E-state index in [-0.39, 0.29) is 11.0 Å². The molecule has 1 aromatic carbocycles. The molecule has 0 unspecified atom stereocenters. The van der Waals surface area contributed by atoms with E-state index in [0.29, 0.717) is 10.9 Å². The van der Waals surface area contributed by atoms with Crippen molar-refractivity contribution in [2.24, 2.45) is 0 Å². The Morgan fingerprint density at radius 2 is 1.88 bits per heavy atom. The second-order valence-corrected chi connectivity index (χ2v) is 3.37. The summed E-state index contributed by atoms with van der Waals surface area (Å²) in [6, 6.07) is 4.57. The number of aromatic nitrogens is 3. The normalized spacial score (nSPS) is 11.1. The number of hydrogen-bond donors (Lipinski definition) is 1. The minimum atomic E-state index is -0.470. The Kier molecular flexibility index (Phi) is 1.73. The lowest BCUT2D eigenvalue weighted by atomic mass is 10.2. The van der Waals surface area contributed by atoms with E-state index in [1.54, 1.807) is 12.1 Å². The Bertz CT molecular complexity index is 751. The van der Waals surface area contributed by atoms with Gasteiger partial charge in [-0.2, -0.15) is 0 Å². The molecule has 0 spiro atoms. The van der Waals surface area contributed by atoms with Gasteiger partial charge in [0.25, 0.3) is 5.56 Å². The number of fused-ring (bicyclic) bond motifs is 3. The van der Waals surface area contributed by atoms with Crippen molar-refractivity contribution in [2.45, 2.75) is 0 Å². The van der Waals surface area contributed by atoms with Crippen LogP contribution in [0.15, 0.2) is 35.4 Å². The van der Waals surface area contributed by atoms with E-state index in [2.05, 4.69) is 15.0 Å². The highest BCUT2D eigenvalue weighted by Gasteiger charge is 2.09. The molecule has 0 bridgehead atoms. The smallest absolute Gasteiger partial charge is 0.276 e. The van der Waals surface area contributed by atoms with Gasteiger partial charge in [0.1, 0.15) is 11.3 Å².